The van der Waals surface area contributed by atoms with Gasteiger partial charge >= 0.3 is 5.97 Å². The number of amides is 2. The lowest BCUT2D eigenvalue weighted by molar-refractivity contribution is -0.142. The fourth-order valence-corrected chi connectivity index (χ4v) is 0.837. The highest BCUT2D eigenvalue weighted by molar-refractivity contribution is 5.87. The number of carboxylic acid groups (broad SMARTS) is 1. The Bertz CT molecular complexity index is 253. The Balaban J connectivity index is 3.99. The van der Waals surface area contributed by atoms with E-state index in [2.05, 4.69) is 10.6 Å². The summed E-state index contributed by atoms with van der Waals surface area (Å²) in [5.41, 5.74) is 0. The van der Waals surface area contributed by atoms with Gasteiger partial charge in [0.15, 0.2) is 0 Å². The van der Waals surface area contributed by atoms with Crippen molar-refractivity contribution in [2.75, 3.05) is 13.2 Å². The first-order chi connectivity index (χ1) is 6.97. The molecule has 86 valence electrons. The lowest BCUT2D eigenvalue weighted by Gasteiger charge is -2.12. The summed E-state index contributed by atoms with van der Waals surface area (Å²) in [6.45, 7) is 0.637. The molecular weight excluding hydrogens is 204 g/mol. The molecule has 0 saturated heterocycles. The molecule has 0 fully saturated rings. The van der Waals surface area contributed by atoms with Crippen molar-refractivity contribution < 1.29 is 24.6 Å². The summed E-state index contributed by atoms with van der Waals surface area (Å²) in [6, 6.07) is -1.13. The van der Waals surface area contributed by atoms with Crippen molar-refractivity contribution in [3.63, 3.8) is 0 Å². The Morgan fingerprint density at radius 1 is 1.33 bits per heavy atom. The number of hydrogen-bond donors (Lipinski definition) is 4. The summed E-state index contributed by atoms with van der Waals surface area (Å²) in [4.78, 5) is 32.1. The van der Waals surface area contributed by atoms with E-state index in [1.165, 1.54) is 6.92 Å². The van der Waals surface area contributed by atoms with Crippen LogP contribution in [0.15, 0.2) is 0 Å². The third-order valence-corrected chi connectivity index (χ3v) is 1.55. The fourth-order valence-electron chi connectivity index (χ4n) is 0.837. The van der Waals surface area contributed by atoms with Gasteiger partial charge in [-0.3, -0.25) is 9.59 Å². The van der Waals surface area contributed by atoms with Gasteiger partial charge in [-0.15, -0.1) is 0 Å². The average Bonchev–Trinajstić information content (AvgIpc) is 2.14. The van der Waals surface area contributed by atoms with Crippen molar-refractivity contribution in [1.82, 2.24) is 10.6 Å². The van der Waals surface area contributed by atoms with Crippen LogP contribution in [-0.2, 0) is 14.4 Å². The summed E-state index contributed by atoms with van der Waals surface area (Å²) in [7, 11) is 0. The number of aliphatic hydroxyl groups is 1. The van der Waals surface area contributed by atoms with Crippen LogP contribution < -0.4 is 10.6 Å². The molecule has 0 aliphatic heterocycles. The van der Waals surface area contributed by atoms with Crippen LogP contribution >= 0.6 is 0 Å². The zero-order chi connectivity index (χ0) is 11.8. The number of aliphatic hydroxyl groups excluding tert-OH is 1. The van der Waals surface area contributed by atoms with E-state index in [0.717, 1.165) is 0 Å². The lowest BCUT2D eigenvalue weighted by atomic mass is 10.2. The molecule has 7 nitrogen and oxygen atoms in total. The number of nitrogens with one attached hydrogen (secondary N) is 2. The first-order valence-corrected chi connectivity index (χ1v) is 4.34. The third-order valence-electron chi connectivity index (χ3n) is 1.55. The summed E-state index contributed by atoms with van der Waals surface area (Å²) < 4.78 is 0. The van der Waals surface area contributed by atoms with E-state index in [0.29, 0.717) is 0 Å². The highest BCUT2D eigenvalue weighted by Gasteiger charge is 2.18. The Kier molecular flexibility index (Phi) is 6.03. The van der Waals surface area contributed by atoms with Crippen LogP contribution in [-0.4, -0.2) is 47.2 Å². The van der Waals surface area contributed by atoms with Crippen LogP contribution in [0.25, 0.3) is 0 Å². The van der Waals surface area contributed by atoms with Crippen molar-refractivity contribution >= 4 is 17.8 Å². The molecule has 0 saturated carbocycles. The molecule has 1 atom stereocenters. The first-order valence-electron chi connectivity index (χ1n) is 4.34. The highest BCUT2D eigenvalue weighted by Crippen LogP contribution is 1.90. The maximum Gasteiger partial charge on any atom is 0.326 e. The molecule has 0 radical (unpaired) electrons. The van der Waals surface area contributed by atoms with Gasteiger partial charge in [-0.25, -0.2) is 4.79 Å². The Hall–Kier alpha value is -1.63. The zero-order valence-electron chi connectivity index (χ0n) is 8.32. The van der Waals surface area contributed by atoms with Crippen molar-refractivity contribution in [1.29, 1.82) is 0 Å². The first kappa shape index (κ1) is 13.4. The number of carbonyl (C=O) groups excluding carboxylic acids is 2. The van der Waals surface area contributed by atoms with Gasteiger partial charge in [0, 0.05) is 20.0 Å². The molecule has 0 unspecified atom stereocenters. The largest absolute Gasteiger partial charge is 0.480 e. The van der Waals surface area contributed by atoms with E-state index in [4.69, 9.17) is 10.2 Å². The summed E-state index contributed by atoms with van der Waals surface area (Å²) in [5, 5.41) is 21.5. The van der Waals surface area contributed by atoms with Gasteiger partial charge in [0.25, 0.3) is 0 Å². The van der Waals surface area contributed by atoms with E-state index in [-0.39, 0.29) is 25.5 Å². The van der Waals surface area contributed by atoms with E-state index < -0.39 is 17.9 Å². The molecule has 0 aromatic rings. The molecular formula is C8H14N2O5. The van der Waals surface area contributed by atoms with Crippen LogP contribution in [0, 0.1) is 0 Å². The Morgan fingerprint density at radius 2 is 1.93 bits per heavy atom. The van der Waals surface area contributed by atoms with E-state index in [9.17, 15) is 14.4 Å². The molecule has 0 rings (SSSR count). The van der Waals surface area contributed by atoms with Gasteiger partial charge in [0.2, 0.25) is 11.8 Å². The average molecular weight is 218 g/mol. The molecule has 2 amide bonds. The van der Waals surface area contributed by atoms with Gasteiger partial charge in [-0.1, -0.05) is 0 Å². The molecule has 0 aromatic heterocycles. The third kappa shape index (κ3) is 6.44. The van der Waals surface area contributed by atoms with Crippen molar-refractivity contribution in [2.45, 2.75) is 19.4 Å². The van der Waals surface area contributed by atoms with E-state index >= 15 is 0 Å². The fraction of sp³-hybridized carbons (Fsp3) is 0.625. The molecule has 7 heteroatoms. The zero-order valence-corrected chi connectivity index (χ0v) is 8.32. The van der Waals surface area contributed by atoms with Crippen LogP contribution in [0.4, 0.5) is 0 Å². The van der Waals surface area contributed by atoms with Crippen molar-refractivity contribution in [2.24, 2.45) is 0 Å². The van der Waals surface area contributed by atoms with Crippen LogP contribution in [0.3, 0.4) is 0 Å². The predicted molar refractivity (Wildman–Crippen MR) is 50.0 cm³/mol. The van der Waals surface area contributed by atoms with E-state index in [1.54, 1.807) is 0 Å². The number of aliphatic carboxylic acids is 1. The minimum absolute atomic E-state index is 0.0683. The van der Waals surface area contributed by atoms with Crippen molar-refractivity contribution in [3.8, 4) is 0 Å². The standard InChI is InChI=1S/C8H14N2O5/c1-5(12)9-4-7(13)10-6(2-3-11)8(14)15/h6,11H,2-4H2,1H3,(H,9,12)(H,10,13)(H,14,15)/t6-/m1/s1. The molecule has 0 spiro atoms. The number of rotatable bonds is 6. The molecule has 0 heterocycles. The van der Waals surface area contributed by atoms with Gasteiger partial charge in [0.1, 0.15) is 6.04 Å². The van der Waals surface area contributed by atoms with Gasteiger partial charge in [-0.05, 0) is 0 Å². The number of hydrogen-bond acceptors (Lipinski definition) is 4. The quantitative estimate of drug-likeness (QED) is 0.414. The summed E-state index contributed by atoms with van der Waals surface area (Å²) >= 11 is 0. The maximum absolute atomic E-state index is 11.1. The molecule has 0 bridgehead atoms. The monoisotopic (exact) mass is 218 g/mol. The SMILES string of the molecule is CC(=O)NCC(=O)N[C@H](CCO)C(=O)O. The molecule has 15 heavy (non-hydrogen) atoms. The molecule has 0 aromatic carbocycles. The minimum Gasteiger partial charge on any atom is -0.480 e. The van der Waals surface area contributed by atoms with Crippen LogP contribution in [0.5, 0.6) is 0 Å². The van der Waals surface area contributed by atoms with E-state index in [1.807, 2.05) is 0 Å². The molecule has 0 aliphatic rings. The van der Waals surface area contributed by atoms with Gasteiger partial charge < -0.3 is 20.8 Å². The Labute approximate surface area is 86.5 Å². The topological polar surface area (TPSA) is 116 Å². The number of carbonyl (C=O) groups is 3. The van der Waals surface area contributed by atoms with Crippen LogP contribution in [0.2, 0.25) is 0 Å². The minimum atomic E-state index is -1.22. The van der Waals surface area contributed by atoms with Gasteiger partial charge in [-0.2, -0.15) is 0 Å². The highest BCUT2D eigenvalue weighted by atomic mass is 16.4. The van der Waals surface area contributed by atoms with Gasteiger partial charge in [0.05, 0.1) is 6.54 Å². The number of carboxylic acids is 1. The Morgan fingerprint density at radius 3 is 2.33 bits per heavy atom. The normalized spacial score (nSPS) is 11.6. The molecule has 0 aliphatic carbocycles. The second-order valence-corrected chi connectivity index (χ2v) is 2.88. The smallest absolute Gasteiger partial charge is 0.326 e. The lowest BCUT2D eigenvalue weighted by Crippen LogP contribution is -2.45. The second kappa shape index (κ2) is 6.77. The summed E-state index contributed by atoms with van der Waals surface area (Å²) in [6.07, 6.45) is -0.0683. The second-order valence-electron chi connectivity index (χ2n) is 2.88. The van der Waals surface area contributed by atoms with Crippen molar-refractivity contribution in [3.05, 3.63) is 0 Å². The predicted octanol–water partition coefficient (Wildman–Crippen LogP) is -1.93. The summed E-state index contributed by atoms with van der Waals surface area (Å²) in [5.74, 6) is -2.20. The van der Waals surface area contributed by atoms with Crippen LogP contribution in [0.1, 0.15) is 13.3 Å². The maximum atomic E-state index is 11.1. The molecule has 4 N–H and O–H groups in total.